The van der Waals surface area contributed by atoms with Gasteiger partial charge in [-0.1, -0.05) is 18.2 Å². The molecule has 0 saturated heterocycles. The number of nitrogen functional groups attached to an aromatic ring is 1. The molecule has 0 saturated carbocycles. The second-order valence-electron chi connectivity index (χ2n) is 4.93. The molecule has 2 nitrogen and oxygen atoms in total. The fourth-order valence-electron chi connectivity index (χ4n) is 2.41. The van der Waals surface area contributed by atoms with E-state index >= 15 is 0 Å². The van der Waals surface area contributed by atoms with E-state index in [4.69, 9.17) is 5.73 Å². The van der Waals surface area contributed by atoms with E-state index in [1.54, 1.807) is 0 Å². The van der Waals surface area contributed by atoms with Crippen LogP contribution in [0.25, 0.3) is 22.0 Å². The highest BCUT2D eigenvalue weighted by Gasteiger charge is 2.04. The van der Waals surface area contributed by atoms with Gasteiger partial charge >= 0.3 is 0 Å². The zero-order chi connectivity index (χ0) is 13.4. The molecule has 0 aliphatic heterocycles. The van der Waals surface area contributed by atoms with E-state index in [2.05, 4.69) is 42.2 Å². The van der Waals surface area contributed by atoms with Crippen LogP contribution in [0.15, 0.2) is 48.5 Å². The average Bonchev–Trinajstić information content (AvgIpc) is 2.38. The lowest BCUT2D eigenvalue weighted by atomic mass is 9.98. The number of hydrogen-bond acceptors (Lipinski definition) is 2. The molecule has 0 amide bonds. The van der Waals surface area contributed by atoms with Gasteiger partial charge in [-0.3, -0.25) is 4.98 Å². The van der Waals surface area contributed by atoms with Crippen LogP contribution in [0, 0.1) is 13.8 Å². The SMILES string of the molecule is Cc1ccc2cc(-c3ccc(N)cc3C)ccc2n1. The third-order valence-electron chi connectivity index (χ3n) is 3.39. The van der Waals surface area contributed by atoms with Gasteiger partial charge in [-0.05, 0) is 60.9 Å². The zero-order valence-corrected chi connectivity index (χ0v) is 11.1. The van der Waals surface area contributed by atoms with Gasteiger partial charge in [-0.2, -0.15) is 0 Å². The molecule has 1 aromatic heterocycles. The summed E-state index contributed by atoms with van der Waals surface area (Å²) in [7, 11) is 0. The predicted octanol–water partition coefficient (Wildman–Crippen LogP) is 4.10. The van der Waals surface area contributed by atoms with Gasteiger partial charge in [-0.25, -0.2) is 0 Å². The summed E-state index contributed by atoms with van der Waals surface area (Å²) in [4.78, 5) is 4.53. The molecule has 2 N–H and O–H groups in total. The molecule has 0 unspecified atom stereocenters. The molecule has 3 aromatic rings. The van der Waals surface area contributed by atoms with Crippen molar-refractivity contribution in [2.45, 2.75) is 13.8 Å². The third-order valence-corrected chi connectivity index (χ3v) is 3.39. The highest BCUT2D eigenvalue weighted by molar-refractivity contribution is 5.85. The fourth-order valence-corrected chi connectivity index (χ4v) is 2.41. The second-order valence-corrected chi connectivity index (χ2v) is 4.93. The molecular weight excluding hydrogens is 232 g/mol. The highest BCUT2D eigenvalue weighted by Crippen LogP contribution is 2.27. The van der Waals surface area contributed by atoms with Crippen LogP contribution in [-0.4, -0.2) is 4.98 Å². The van der Waals surface area contributed by atoms with Crippen LogP contribution in [0.1, 0.15) is 11.3 Å². The standard InChI is InChI=1S/C17H16N2/c1-11-9-15(18)6-7-16(11)13-5-8-17-14(10-13)4-3-12(2)19-17/h3-10H,18H2,1-2H3. The first-order valence-corrected chi connectivity index (χ1v) is 6.37. The minimum atomic E-state index is 0.805. The maximum atomic E-state index is 5.80. The number of rotatable bonds is 1. The number of aromatic nitrogens is 1. The molecule has 0 radical (unpaired) electrons. The third kappa shape index (κ3) is 2.17. The maximum Gasteiger partial charge on any atom is 0.0705 e. The van der Waals surface area contributed by atoms with Gasteiger partial charge in [0.05, 0.1) is 5.52 Å². The molecule has 0 bridgehead atoms. The molecule has 94 valence electrons. The summed E-state index contributed by atoms with van der Waals surface area (Å²) in [5.41, 5.74) is 12.3. The Morgan fingerprint density at radius 3 is 2.53 bits per heavy atom. The quantitative estimate of drug-likeness (QED) is 0.658. The number of benzene rings is 2. The number of hydrogen-bond donors (Lipinski definition) is 1. The average molecular weight is 248 g/mol. The van der Waals surface area contributed by atoms with E-state index in [0.29, 0.717) is 0 Å². The fraction of sp³-hybridized carbons (Fsp3) is 0.118. The van der Waals surface area contributed by atoms with Crippen molar-refractivity contribution in [1.29, 1.82) is 0 Å². The summed E-state index contributed by atoms with van der Waals surface area (Å²) < 4.78 is 0. The Hall–Kier alpha value is -2.35. The van der Waals surface area contributed by atoms with Crippen LogP contribution < -0.4 is 5.73 Å². The molecule has 2 aromatic carbocycles. The molecule has 0 aliphatic carbocycles. The normalized spacial score (nSPS) is 10.8. The van der Waals surface area contributed by atoms with Crippen molar-refractivity contribution < 1.29 is 0 Å². The van der Waals surface area contributed by atoms with Gasteiger partial charge in [0, 0.05) is 16.8 Å². The van der Waals surface area contributed by atoms with Crippen molar-refractivity contribution >= 4 is 16.6 Å². The summed E-state index contributed by atoms with van der Waals surface area (Å²) in [6.07, 6.45) is 0. The molecule has 0 atom stereocenters. The number of anilines is 1. The number of aryl methyl sites for hydroxylation is 2. The first-order valence-electron chi connectivity index (χ1n) is 6.37. The Kier molecular flexibility index (Phi) is 2.71. The van der Waals surface area contributed by atoms with E-state index in [1.807, 2.05) is 25.1 Å². The number of pyridine rings is 1. The Morgan fingerprint density at radius 1 is 0.895 bits per heavy atom. The van der Waals surface area contributed by atoms with Crippen LogP contribution >= 0.6 is 0 Å². The van der Waals surface area contributed by atoms with E-state index in [-0.39, 0.29) is 0 Å². The van der Waals surface area contributed by atoms with Crippen LogP contribution in [0.3, 0.4) is 0 Å². The van der Waals surface area contributed by atoms with Crippen molar-refractivity contribution in [2.75, 3.05) is 5.73 Å². The monoisotopic (exact) mass is 248 g/mol. The van der Waals surface area contributed by atoms with E-state index in [1.165, 1.54) is 22.1 Å². The van der Waals surface area contributed by atoms with Crippen molar-refractivity contribution in [3.63, 3.8) is 0 Å². The van der Waals surface area contributed by atoms with Crippen molar-refractivity contribution in [3.05, 3.63) is 59.8 Å². The molecule has 2 heteroatoms. The lowest BCUT2D eigenvalue weighted by molar-refractivity contribution is 1.26. The Balaban J connectivity index is 2.17. The van der Waals surface area contributed by atoms with Crippen LogP contribution in [-0.2, 0) is 0 Å². The van der Waals surface area contributed by atoms with E-state index in [0.717, 1.165) is 16.9 Å². The van der Waals surface area contributed by atoms with E-state index in [9.17, 15) is 0 Å². The highest BCUT2D eigenvalue weighted by atomic mass is 14.7. The predicted molar refractivity (Wildman–Crippen MR) is 81.1 cm³/mol. The van der Waals surface area contributed by atoms with Gasteiger partial charge in [0.2, 0.25) is 0 Å². The van der Waals surface area contributed by atoms with Gasteiger partial charge in [0.25, 0.3) is 0 Å². The molecule has 1 heterocycles. The summed E-state index contributed by atoms with van der Waals surface area (Å²) in [6.45, 7) is 4.10. The van der Waals surface area contributed by atoms with Gasteiger partial charge in [-0.15, -0.1) is 0 Å². The summed E-state index contributed by atoms with van der Waals surface area (Å²) in [5, 5.41) is 1.17. The van der Waals surface area contributed by atoms with Crippen molar-refractivity contribution in [1.82, 2.24) is 4.98 Å². The molecule has 19 heavy (non-hydrogen) atoms. The molecule has 0 fully saturated rings. The topological polar surface area (TPSA) is 38.9 Å². The first-order chi connectivity index (χ1) is 9.13. The largest absolute Gasteiger partial charge is 0.399 e. The molecular formula is C17H16N2. The maximum absolute atomic E-state index is 5.80. The van der Waals surface area contributed by atoms with Crippen molar-refractivity contribution in [3.8, 4) is 11.1 Å². The minimum absolute atomic E-state index is 0.805. The smallest absolute Gasteiger partial charge is 0.0705 e. The lowest BCUT2D eigenvalue weighted by Crippen LogP contribution is -1.89. The van der Waals surface area contributed by atoms with Gasteiger partial charge in [0.1, 0.15) is 0 Å². The molecule has 0 spiro atoms. The van der Waals surface area contributed by atoms with Gasteiger partial charge in [0.15, 0.2) is 0 Å². The number of nitrogens with zero attached hydrogens (tertiary/aromatic N) is 1. The Morgan fingerprint density at radius 2 is 1.74 bits per heavy atom. The number of nitrogens with two attached hydrogens (primary N) is 1. The lowest BCUT2D eigenvalue weighted by Gasteiger charge is -2.08. The Labute approximate surface area is 112 Å². The molecule has 3 rings (SSSR count). The second kappa shape index (κ2) is 4.39. The van der Waals surface area contributed by atoms with E-state index < -0.39 is 0 Å². The zero-order valence-electron chi connectivity index (χ0n) is 11.1. The first kappa shape index (κ1) is 11.7. The van der Waals surface area contributed by atoms with Gasteiger partial charge < -0.3 is 5.73 Å². The van der Waals surface area contributed by atoms with Crippen LogP contribution in [0.4, 0.5) is 5.69 Å². The van der Waals surface area contributed by atoms with Crippen LogP contribution in [0.5, 0.6) is 0 Å². The summed E-state index contributed by atoms with van der Waals surface area (Å²) in [5.74, 6) is 0. The Bertz CT molecular complexity index is 760. The number of fused-ring (bicyclic) bond motifs is 1. The summed E-state index contributed by atoms with van der Waals surface area (Å²) in [6, 6.07) is 16.6. The van der Waals surface area contributed by atoms with Crippen molar-refractivity contribution in [2.24, 2.45) is 0 Å². The summed E-state index contributed by atoms with van der Waals surface area (Å²) >= 11 is 0. The molecule has 0 aliphatic rings. The van der Waals surface area contributed by atoms with Crippen LogP contribution in [0.2, 0.25) is 0 Å². The minimum Gasteiger partial charge on any atom is -0.399 e.